The summed E-state index contributed by atoms with van der Waals surface area (Å²) < 4.78 is 12.5. The Morgan fingerprint density at radius 2 is 1.83 bits per heavy atom. The van der Waals surface area contributed by atoms with Gasteiger partial charge in [0.05, 0.1) is 25.2 Å². The average Bonchev–Trinajstić information content (AvgIpc) is 3.26. The van der Waals surface area contributed by atoms with Crippen LogP contribution in [-0.4, -0.2) is 81.8 Å². The summed E-state index contributed by atoms with van der Waals surface area (Å²) in [6.07, 6.45) is 14.9. The molecule has 5 aliphatic rings. The third kappa shape index (κ3) is 3.67. The molecule has 8 nitrogen and oxygen atoms in total. The molecule has 4 heterocycles. The molecule has 1 unspecified atom stereocenters. The molecule has 0 radical (unpaired) electrons. The van der Waals surface area contributed by atoms with E-state index < -0.39 is 41.1 Å². The molecule has 5 rings (SSSR count). The minimum absolute atomic E-state index is 0.125. The summed E-state index contributed by atoms with van der Waals surface area (Å²) in [6, 6.07) is -1.39. The third-order valence-electron chi connectivity index (χ3n) is 8.86. The van der Waals surface area contributed by atoms with Crippen LogP contribution in [0.2, 0.25) is 0 Å². The number of fused-ring (bicyclic) bond motifs is 2. The lowest BCUT2D eigenvalue weighted by molar-refractivity contribution is -0.163. The van der Waals surface area contributed by atoms with Crippen LogP contribution in [0.5, 0.6) is 0 Å². The van der Waals surface area contributed by atoms with Crippen molar-refractivity contribution in [2.75, 3.05) is 19.8 Å². The lowest BCUT2D eigenvalue weighted by atomic mass is 9.73. The van der Waals surface area contributed by atoms with Crippen LogP contribution in [0.3, 0.4) is 0 Å². The van der Waals surface area contributed by atoms with Gasteiger partial charge in [-0.3, -0.25) is 14.4 Å². The zero-order valence-electron chi connectivity index (χ0n) is 20.9. The lowest BCUT2D eigenvalue weighted by Gasteiger charge is -2.42. The Balaban J connectivity index is 1.65. The number of hydrogen-bond acceptors (Lipinski definition) is 6. The number of carbonyl (C=O) groups excluding carboxylic acids is 3. The number of nitrogens with zero attached hydrogens (tertiary/aromatic N) is 2. The molecule has 1 N–H and O–H groups in total. The quantitative estimate of drug-likeness (QED) is 0.484. The molecule has 4 aliphatic heterocycles. The molecule has 192 valence electrons. The number of cyclic esters (lactones) is 1. The molecule has 1 saturated carbocycles. The predicted octanol–water partition coefficient (Wildman–Crippen LogP) is 2.35. The first-order valence-electron chi connectivity index (χ1n) is 13.4. The lowest BCUT2D eigenvalue weighted by Crippen LogP contribution is -2.59. The summed E-state index contributed by atoms with van der Waals surface area (Å²) in [5.41, 5.74) is -2.32. The minimum atomic E-state index is -1.29. The average molecular weight is 487 g/mol. The summed E-state index contributed by atoms with van der Waals surface area (Å²) >= 11 is 0. The molecule has 8 heteroatoms. The molecule has 0 aromatic heterocycles. The maximum atomic E-state index is 14.3. The second-order valence-corrected chi connectivity index (χ2v) is 10.8. The fraction of sp³-hybridized carbons (Fsp3) is 0.741. The van der Waals surface area contributed by atoms with E-state index in [0.717, 1.165) is 32.1 Å². The van der Waals surface area contributed by atoms with E-state index in [-0.39, 0.29) is 31.1 Å². The molecule has 6 atom stereocenters. The molecule has 0 bridgehead atoms. The number of amides is 2. The highest BCUT2D eigenvalue weighted by molar-refractivity contribution is 5.99. The summed E-state index contributed by atoms with van der Waals surface area (Å²) in [7, 11) is 0. The van der Waals surface area contributed by atoms with Crippen molar-refractivity contribution in [1.82, 2.24) is 9.80 Å². The molecular formula is C27H38N2O6. The number of hydrogen-bond donors (Lipinski definition) is 1. The Morgan fingerprint density at radius 1 is 1.06 bits per heavy atom. The Morgan fingerprint density at radius 3 is 2.54 bits per heavy atom. The smallest absolute Gasteiger partial charge is 0.313 e. The van der Waals surface area contributed by atoms with Gasteiger partial charge in [0.15, 0.2) is 0 Å². The van der Waals surface area contributed by atoms with E-state index in [1.807, 2.05) is 36.1 Å². The van der Waals surface area contributed by atoms with E-state index in [4.69, 9.17) is 9.47 Å². The normalized spacial score (nSPS) is 39.6. The van der Waals surface area contributed by atoms with Gasteiger partial charge in [-0.15, -0.1) is 0 Å². The fourth-order valence-electron chi connectivity index (χ4n) is 7.11. The summed E-state index contributed by atoms with van der Waals surface area (Å²) in [5.74, 6) is -2.65. The number of aliphatic hydroxyl groups is 1. The van der Waals surface area contributed by atoms with Crippen molar-refractivity contribution in [3.8, 4) is 0 Å². The van der Waals surface area contributed by atoms with Crippen molar-refractivity contribution < 1.29 is 29.0 Å². The van der Waals surface area contributed by atoms with Crippen LogP contribution in [-0.2, 0) is 23.9 Å². The zero-order valence-corrected chi connectivity index (χ0v) is 20.9. The molecule has 1 aliphatic carbocycles. The summed E-state index contributed by atoms with van der Waals surface area (Å²) in [6.45, 7) is 4.16. The van der Waals surface area contributed by atoms with Crippen molar-refractivity contribution in [1.29, 1.82) is 0 Å². The van der Waals surface area contributed by atoms with Gasteiger partial charge < -0.3 is 24.4 Å². The Kier molecular flexibility index (Phi) is 6.55. The first kappa shape index (κ1) is 24.5. The number of rotatable bonds is 4. The fourth-order valence-corrected chi connectivity index (χ4v) is 7.11. The summed E-state index contributed by atoms with van der Waals surface area (Å²) in [5, 5.41) is 10.1. The highest BCUT2D eigenvalue weighted by atomic mass is 16.6. The topological polar surface area (TPSA) is 96.4 Å². The maximum absolute atomic E-state index is 14.3. The van der Waals surface area contributed by atoms with Gasteiger partial charge in [-0.2, -0.15) is 0 Å². The van der Waals surface area contributed by atoms with E-state index in [9.17, 15) is 19.5 Å². The minimum Gasteiger partial charge on any atom is -0.465 e. The van der Waals surface area contributed by atoms with Crippen LogP contribution in [0.25, 0.3) is 0 Å². The Hall–Kier alpha value is -2.19. The number of carbonyl (C=O) groups is 3. The predicted molar refractivity (Wildman–Crippen MR) is 128 cm³/mol. The van der Waals surface area contributed by atoms with Gasteiger partial charge >= 0.3 is 5.97 Å². The number of ether oxygens (including phenoxy) is 2. The van der Waals surface area contributed by atoms with Gasteiger partial charge in [0.2, 0.25) is 11.8 Å². The van der Waals surface area contributed by atoms with Crippen LogP contribution in [0.15, 0.2) is 24.3 Å². The van der Waals surface area contributed by atoms with Crippen LogP contribution in [0, 0.1) is 11.8 Å². The van der Waals surface area contributed by atoms with Crippen molar-refractivity contribution in [3.63, 3.8) is 0 Å². The molecule has 2 amide bonds. The second-order valence-electron chi connectivity index (χ2n) is 10.8. The van der Waals surface area contributed by atoms with E-state index in [0.29, 0.717) is 19.4 Å². The van der Waals surface area contributed by atoms with Gasteiger partial charge in [0.25, 0.3) is 0 Å². The van der Waals surface area contributed by atoms with E-state index in [2.05, 4.69) is 0 Å². The van der Waals surface area contributed by atoms with Crippen LogP contribution in [0.4, 0.5) is 0 Å². The standard InChI is InChI=1S/C27H38N2O6/c1-3-26-13-8-5-9-16-34-25(33)21(26)20-23(31)29(18(2)17-30)22-24(32)28(19-11-6-4-7-12-19)15-10-14-27(20,22)35-26/h8,10,13-14,18-22,30H,3-7,9,11-12,15-17H2,1-2H3/b13-8-/t18-,20+,21-,22?,26+,27+/m1/s1. The molecule has 0 aromatic rings. The largest absolute Gasteiger partial charge is 0.465 e. The maximum Gasteiger partial charge on any atom is 0.313 e. The highest BCUT2D eigenvalue weighted by Crippen LogP contribution is 2.58. The number of likely N-dealkylation sites (tertiary alicyclic amines) is 1. The van der Waals surface area contributed by atoms with Gasteiger partial charge in [-0.05, 0) is 39.0 Å². The van der Waals surface area contributed by atoms with Gasteiger partial charge in [-0.25, -0.2) is 0 Å². The van der Waals surface area contributed by atoms with E-state index >= 15 is 0 Å². The Bertz CT molecular complexity index is 927. The van der Waals surface area contributed by atoms with Crippen molar-refractivity contribution >= 4 is 17.8 Å². The molecule has 0 aromatic carbocycles. The van der Waals surface area contributed by atoms with Gasteiger partial charge in [-0.1, -0.05) is 50.5 Å². The number of esters is 1. The van der Waals surface area contributed by atoms with E-state index in [1.165, 1.54) is 11.3 Å². The van der Waals surface area contributed by atoms with Crippen molar-refractivity contribution in [2.45, 2.75) is 94.5 Å². The van der Waals surface area contributed by atoms with Crippen molar-refractivity contribution in [3.05, 3.63) is 24.3 Å². The molecule has 3 fully saturated rings. The molecule has 1 spiro atoms. The second kappa shape index (κ2) is 9.36. The first-order chi connectivity index (χ1) is 16.9. The van der Waals surface area contributed by atoms with Gasteiger partial charge in [0.1, 0.15) is 23.2 Å². The molecule has 35 heavy (non-hydrogen) atoms. The third-order valence-corrected chi connectivity index (χ3v) is 8.86. The molecular weight excluding hydrogens is 448 g/mol. The van der Waals surface area contributed by atoms with Crippen molar-refractivity contribution in [2.24, 2.45) is 11.8 Å². The number of allylic oxidation sites excluding steroid dienone is 1. The van der Waals surface area contributed by atoms with Crippen LogP contribution >= 0.6 is 0 Å². The van der Waals surface area contributed by atoms with E-state index in [1.54, 1.807) is 6.92 Å². The van der Waals surface area contributed by atoms with Crippen LogP contribution in [0.1, 0.15) is 65.2 Å². The van der Waals surface area contributed by atoms with Crippen LogP contribution < -0.4 is 0 Å². The SMILES string of the molecule is CC[C@]12/C=C\CCCOC(=O)[C@H]1[C@H]1C(=O)N([C@H](C)CO)C3C(=O)N(C4CCCCC4)CC=C[C@@]31O2. The first-order valence-corrected chi connectivity index (χ1v) is 13.4. The zero-order chi connectivity index (χ0) is 24.8. The van der Waals surface area contributed by atoms with Gasteiger partial charge in [0, 0.05) is 12.6 Å². The number of aliphatic hydroxyl groups excluding tert-OH is 1. The molecule has 2 saturated heterocycles. The monoisotopic (exact) mass is 486 g/mol. The summed E-state index contributed by atoms with van der Waals surface area (Å²) in [4.78, 5) is 45.3. The highest BCUT2D eigenvalue weighted by Gasteiger charge is 2.75. The Labute approximate surface area is 207 Å².